The van der Waals surface area contributed by atoms with Crippen molar-refractivity contribution < 1.29 is 4.79 Å². The zero-order chi connectivity index (χ0) is 13.8. The van der Waals surface area contributed by atoms with Crippen molar-refractivity contribution in [1.29, 1.82) is 0 Å². The molecule has 0 saturated heterocycles. The lowest BCUT2D eigenvalue weighted by Crippen LogP contribution is -1.92. The van der Waals surface area contributed by atoms with Gasteiger partial charge in [0, 0.05) is 23.3 Å². The van der Waals surface area contributed by atoms with Crippen LogP contribution in [-0.4, -0.2) is 16.4 Å². The maximum atomic E-state index is 10.4. The maximum absolute atomic E-state index is 10.4. The van der Waals surface area contributed by atoms with Crippen molar-refractivity contribution in [1.82, 2.24) is 9.97 Å². The van der Waals surface area contributed by atoms with Gasteiger partial charge in [-0.15, -0.1) is 11.3 Å². The summed E-state index contributed by atoms with van der Waals surface area (Å²) in [5.41, 5.74) is 4.11. The molecule has 0 atom stereocenters. The van der Waals surface area contributed by atoms with E-state index in [0.717, 1.165) is 22.4 Å². The van der Waals surface area contributed by atoms with Crippen molar-refractivity contribution in [2.45, 2.75) is 0 Å². The second-order valence-corrected chi connectivity index (χ2v) is 4.97. The maximum Gasteiger partial charge on any atom is 0.213 e. The predicted octanol–water partition coefficient (Wildman–Crippen LogP) is 3.44. The van der Waals surface area contributed by atoms with Crippen LogP contribution in [0, 0.1) is 0 Å². The highest BCUT2D eigenvalue weighted by Crippen LogP contribution is 2.28. The van der Waals surface area contributed by atoms with Crippen LogP contribution >= 0.6 is 11.3 Å². The van der Waals surface area contributed by atoms with E-state index in [2.05, 4.69) is 27.4 Å². The number of thiazole rings is 1. The molecule has 2 heterocycles. The Labute approximate surface area is 120 Å². The van der Waals surface area contributed by atoms with Crippen LogP contribution in [0.4, 0.5) is 5.13 Å². The molecule has 1 amide bonds. The van der Waals surface area contributed by atoms with Crippen molar-refractivity contribution in [3.05, 3.63) is 54.2 Å². The van der Waals surface area contributed by atoms with E-state index >= 15 is 0 Å². The summed E-state index contributed by atoms with van der Waals surface area (Å²) in [6, 6.07) is 12.1. The van der Waals surface area contributed by atoms with Gasteiger partial charge >= 0.3 is 0 Å². The Morgan fingerprint density at radius 2 is 1.85 bits per heavy atom. The van der Waals surface area contributed by atoms with E-state index in [1.807, 2.05) is 29.6 Å². The first-order valence-electron chi connectivity index (χ1n) is 6.03. The third-order valence-corrected chi connectivity index (χ3v) is 3.63. The lowest BCUT2D eigenvalue weighted by atomic mass is 10.0. The van der Waals surface area contributed by atoms with E-state index < -0.39 is 0 Å². The quantitative estimate of drug-likeness (QED) is 0.745. The van der Waals surface area contributed by atoms with E-state index in [1.54, 1.807) is 12.4 Å². The SMILES string of the molecule is O=CNc1nc(-c2cccc(-c3ccncc3)c2)cs1. The van der Waals surface area contributed by atoms with Crippen molar-refractivity contribution in [2.75, 3.05) is 5.32 Å². The largest absolute Gasteiger partial charge is 0.305 e. The summed E-state index contributed by atoms with van der Waals surface area (Å²) in [4.78, 5) is 18.8. The number of carbonyl (C=O) groups is 1. The molecular formula is C15H11N3OS. The first-order valence-corrected chi connectivity index (χ1v) is 6.91. The molecule has 0 spiro atoms. The summed E-state index contributed by atoms with van der Waals surface area (Å²) in [6.07, 6.45) is 4.18. The van der Waals surface area contributed by atoms with Gasteiger partial charge in [-0.05, 0) is 29.3 Å². The molecule has 0 bridgehead atoms. The van der Waals surface area contributed by atoms with Gasteiger partial charge in [-0.3, -0.25) is 9.78 Å². The second kappa shape index (κ2) is 5.63. The van der Waals surface area contributed by atoms with Crippen LogP contribution in [0.25, 0.3) is 22.4 Å². The summed E-state index contributed by atoms with van der Waals surface area (Å²) in [7, 11) is 0. The molecule has 1 aromatic carbocycles. The van der Waals surface area contributed by atoms with Crippen LogP contribution in [-0.2, 0) is 4.79 Å². The van der Waals surface area contributed by atoms with Gasteiger partial charge in [0.25, 0.3) is 0 Å². The molecule has 0 unspecified atom stereocenters. The highest BCUT2D eigenvalue weighted by atomic mass is 32.1. The molecule has 98 valence electrons. The van der Waals surface area contributed by atoms with Gasteiger partial charge in [0.05, 0.1) is 5.69 Å². The molecule has 0 aliphatic heterocycles. The highest BCUT2D eigenvalue weighted by Gasteiger charge is 2.05. The number of carbonyl (C=O) groups excluding carboxylic acids is 1. The predicted molar refractivity (Wildman–Crippen MR) is 80.5 cm³/mol. The Morgan fingerprint density at radius 3 is 2.65 bits per heavy atom. The zero-order valence-electron chi connectivity index (χ0n) is 10.5. The van der Waals surface area contributed by atoms with Crippen molar-refractivity contribution in [3.8, 4) is 22.4 Å². The Hall–Kier alpha value is -2.53. The van der Waals surface area contributed by atoms with Crippen molar-refractivity contribution in [3.63, 3.8) is 0 Å². The number of anilines is 1. The Morgan fingerprint density at radius 1 is 1.05 bits per heavy atom. The number of nitrogens with one attached hydrogen (secondary N) is 1. The fraction of sp³-hybridized carbons (Fsp3) is 0. The van der Waals surface area contributed by atoms with Crippen LogP contribution in [0.1, 0.15) is 0 Å². The number of rotatable bonds is 4. The molecular weight excluding hydrogens is 270 g/mol. The summed E-state index contributed by atoms with van der Waals surface area (Å²) in [5, 5.41) is 5.09. The normalized spacial score (nSPS) is 10.2. The molecule has 20 heavy (non-hydrogen) atoms. The van der Waals surface area contributed by atoms with Gasteiger partial charge in [0.1, 0.15) is 0 Å². The molecule has 0 aliphatic carbocycles. The molecule has 0 saturated carbocycles. The van der Waals surface area contributed by atoms with Crippen LogP contribution in [0.2, 0.25) is 0 Å². The third-order valence-electron chi connectivity index (χ3n) is 2.86. The fourth-order valence-electron chi connectivity index (χ4n) is 1.93. The highest BCUT2D eigenvalue weighted by molar-refractivity contribution is 7.14. The van der Waals surface area contributed by atoms with Crippen LogP contribution < -0.4 is 5.32 Å². The van der Waals surface area contributed by atoms with Gasteiger partial charge in [0.2, 0.25) is 6.41 Å². The number of aromatic nitrogens is 2. The number of hydrogen-bond donors (Lipinski definition) is 1. The van der Waals surface area contributed by atoms with E-state index in [1.165, 1.54) is 11.3 Å². The standard InChI is InChI=1S/C15H11N3OS/c19-10-17-15-18-14(9-20-15)13-3-1-2-12(8-13)11-4-6-16-7-5-11/h1-10H,(H,17,18,19). The average molecular weight is 281 g/mol. The minimum atomic E-state index is 0.601. The third kappa shape index (κ3) is 2.57. The number of nitrogens with zero attached hydrogens (tertiary/aromatic N) is 2. The molecule has 3 aromatic rings. The van der Waals surface area contributed by atoms with Gasteiger partial charge in [0.15, 0.2) is 5.13 Å². The van der Waals surface area contributed by atoms with Gasteiger partial charge in [-0.25, -0.2) is 4.98 Å². The molecule has 3 rings (SSSR count). The molecule has 4 nitrogen and oxygen atoms in total. The number of hydrogen-bond acceptors (Lipinski definition) is 4. The van der Waals surface area contributed by atoms with E-state index in [9.17, 15) is 4.79 Å². The monoisotopic (exact) mass is 281 g/mol. The first-order chi connectivity index (χ1) is 9.86. The topological polar surface area (TPSA) is 54.9 Å². The minimum Gasteiger partial charge on any atom is -0.305 e. The Bertz CT molecular complexity index is 725. The van der Waals surface area contributed by atoms with Gasteiger partial charge < -0.3 is 5.32 Å². The number of benzene rings is 1. The lowest BCUT2D eigenvalue weighted by Gasteiger charge is -2.03. The molecule has 2 aromatic heterocycles. The molecule has 0 fully saturated rings. The van der Waals surface area contributed by atoms with E-state index in [0.29, 0.717) is 11.5 Å². The number of amides is 1. The smallest absolute Gasteiger partial charge is 0.213 e. The summed E-state index contributed by atoms with van der Waals surface area (Å²) in [6.45, 7) is 0. The lowest BCUT2D eigenvalue weighted by molar-refractivity contribution is -0.105. The minimum absolute atomic E-state index is 0.601. The van der Waals surface area contributed by atoms with Crippen molar-refractivity contribution >= 4 is 22.9 Å². The van der Waals surface area contributed by atoms with E-state index in [-0.39, 0.29) is 0 Å². The average Bonchev–Trinajstić information content (AvgIpc) is 2.97. The van der Waals surface area contributed by atoms with Gasteiger partial charge in [-0.1, -0.05) is 18.2 Å². The molecule has 0 aliphatic rings. The van der Waals surface area contributed by atoms with Crippen LogP contribution in [0.15, 0.2) is 54.2 Å². The zero-order valence-corrected chi connectivity index (χ0v) is 11.3. The van der Waals surface area contributed by atoms with Gasteiger partial charge in [-0.2, -0.15) is 0 Å². The van der Waals surface area contributed by atoms with Crippen LogP contribution in [0.5, 0.6) is 0 Å². The van der Waals surface area contributed by atoms with Crippen molar-refractivity contribution in [2.24, 2.45) is 0 Å². The molecule has 0 radical (unpaired) electrons. The summed E-state index contributed by atoms with van der Waals surface area (Å²) in [5.74, 6) is 0. The second-order valence-electron chi connectivity index (χ2n) is 4.12. The fourth-order valence-corrected chi connectivity index (χ4v) is 2.60. The molecule has 1 N–H and O–H groups in total. The summed E-state index contributed by atoms with van der Waals surface area (Å²) < 4.78 is 0. The first kappa shape index (κ1) is 12.5. The summed E-state index contributed by atoms with van der Waals surface area (Å²) >= 11 is 1.41. The Kier molecular flexibility index (Phi) is 3.52. The van der Waals surface area contributed by atoms with Crippen LogP contribution in [0.3, 0.4) is 0 Å². The van der Waals surface area contributed by atoms with E-state index in [4.69, 9.17) is 0 Å². The number of pyridine rings is 1. The Balaban J connectivity index is 1.96. The molecule has 5 heteroatoms.